The average molecular weight is 262 g/mol. The van der Waals surface area contributed by atoms with Crippen molar-refractivity contribution in [2.45, 2.75) is 64.2 Å². The van der Waals surface area contributed by atoms with Crippen molar-refractivity contribution in [2.75, 3.05) is 13.1 Å². The lowest BCUT2D eigenvalue weighted by Gasteiger charge is -2.30. The first-order valence-electron chi connectivity index (χ1n) is 7.84. The predicted octanol–water partition coefficient (Wildman–Crippen LogP) is 2.01. The summed E-state index contributed by atoms with van der Waals surface area (Å²) in [5, 5.41) is 8.06. The molecule has 1 saturated heterocycles. The summed E-state index contributed by atoms with van der Waals surface area (Å²) < 4.78 is 2.03. The van der Waals surface area contributed by atoms with Crippen LogP contribution in [0.1, 0.15) is 44.6 Å². The van der Waals surface area contributed by atoms with Crippen molar-refractivity contribution in [1.82, 2.24) is 20.0 Å². The normalized spacial score (nSPS) is 24.0. The molecule has 0 spiro atoms. The van der Waals surface area contributed by atoms with Gasteiger partial charge >= 0.3 is 0 Å². The molecule has 1 aromatic rings. The third-order valence-corrected chi connectivity index (χ3v) is 4.33. The highest BCUT2D eigenvalue weighted by molar-refractivity contribution is 5.05. The number of rotatable bonds is 6. The molecule has 106 valence electrons. The van der Waals surface area contributed by atoms with Crippen LogP contribution in [0.15, 0.2) is 12.4 Å². The van der Waals surface area contributed by atoms with Crippen LogP contribution in [0.5, 0.6) is 0 Å². The van der Waals surface area contributed by atoms with E-state index in [9.17, 15) is 0 Å². The summed E-state index contributed by atoms with van der Waals surface area (Å²) in [5.74, 6) is 0. The van der Waals surface area contributed by atoms with Crippen LogP contribution in [-0.4, -0.2) is 39.9 Å². The number of aromatic nitrogens is 2. The van der Waals surface area contributed by atoms with E-state index in [2.05, 4.69) is 28.4 Å². The molecule has 1 N–H and O–H groups in total. The van der Waals surface area contributed by atoms with E-state index in [1.165, 1.54) is 50.8 Å². The second-order valence-corrected chi connectivity index (χ2v) is 6.01. The first-order valence-corrected chi connectivity index (χ1v) is 7.84. The van der Waals surface area contributed by atoms with Gasteiger partial charge in [0.05, 0.1) is 6.20 Å². The predicted molar refractivity (Wildman–Crippen MR) is 77.0 cm³/mol. The fourth-order valence-electron chi connectivity index (χ4n) is 3.04. The van der Waals surface area contributed by atoms with Gasteiger partial charge in [0.1, 0.15) is 0 Å². The largest absolute Gasteiger partial charge is 0.313 e. The molecule has 2 aliphatic rings. The number of hydrogen-bond acceptors (Lipinski definition) is 3. The Bertz CT molecular complexity index is 391. The van der Waals surface area contributed by atoms with Gasteiger partial charge in [0.15, 0.2) is 0 Å². The standard InChI is InChI=1S/C15H26N4/c1-2-19-11-13(9-17-19)10-18(15-6-7-15)12-14-5-3-4-8-16-14/h9,11,14-16H,2-8,10,12H2,1H3. The summed E-state index contributed by atoms with van der Waals surface area (Å²) >= 11 is 0. The van der Waals surface area contributed by atoms with Gasteiger partial charge < -0.3 is 5.32 Å². The smallest absolute Gasteiger partial charge is 0.0534 e. The number of nitrogens with one attached hydrogen (secondary N) is 1. The van der Waals surface area contributed by atoms with Crippen LogP contribution in [0.3, 0.4) is 0 Å². The molecule has 0 amide bonds. The van der Waals surface area contributed by atoms with Crippen LogP contribution in [0.4, 0.5) is 0 Å². The minimum Gasteiger partial charge on any atom is -0.313 e. The van der Waals surface area contributed by atoms with Crippen molar-refractivity contribution in [1.29, 1.82) is 0 Å². The molecule has 1 unspecified atom stereocenters. The Morgan fingerprint density at radius 3 is 2.89 bits per heavy atom. The van der Waals surface area contributed by atoms with E-state index >= 15 is 0 Å². The topological polar surface area (TPSA) is 33.1 Å². The maximum Gasteiger partial charge on any atom is 0.0534 e. The Morgan fingerprint density at radius 1 is 1.37 bits per heavy atom. The van der Waals surface area contributed by atoms with Gasteiger partial charge in [0, 0.05) is 43.5 Å². The third kappa shape index (κ3) is 3.57. The van der Waals surface area contributed by atoms with E-state index in [0.29, 0.717) is 6.04 Å². The molecule has 2 fully saturated rings. The molecule has 0 bridgehead atoms. The molecule has 4 nitrogen and oxygen atoms in total. The molecular weight excluding hydrogens is 236 g/mol. The fourth-order valence-corrected chi connectivity index (χ4v) is 3.04. The molecule has 1 atom stereocenters. The summed E-state index contributed by atoms with van der Waals surface area (Å²) in [6.45, 7) is 6.59. The highest BCUT2D eigenvalue weighted by atomic mass is 15.3. The minimum atomic E-state index is 0.704. The lowest BCUT2D eigenvalue weighted by molar-refractivity contribution is 0.208. The Morgan fingerprint density at radius 2 is 2.26 bits per heavy atom. The van der Waals surface area contributed by atoms with E-state index in [0.717, 1.165) is 19.1 Å². The van der Waals surface area contributed by atoms with Gasteiger partial charge in [-0.25, -0.2) is 0 Å². The van der Waals surface area contributed by atoms with Gasteiger partial charge in [-0.1, -0.05) is 6.42 Å². The van der Waals surface area contributed by atoms with Crippen molar-refractivity contribution in [3.63, 3.8) is 0 Å². The molecule has 1 aromatic heterocycles. The van der Waals surface area contributed by atoms with Crippen LogP contribution >= 0.6 is 0 Å². The maximum atomic E-state index is 4.39. The summed E-state index contributed by atoms with van der Waals surface area (Å²) in [7, 11) is 0. The van der Waals surface area contributed by atoms with E-state index in [4.69, 9.17) is 0 Å². The molecule has 19 heavy (non-hydrogen) atoms. The lowest BCUT2D eigenvalue weighted by Crippen LogP contribution is -2.44. The van der Waals surface area contributed by atoms with Gasteiger partial charge in [-0.3, -0.25) is 9.58 Å². The van der Waals surface area contributed by atoms with Crippen molar-refractivity contribution in [3.05, 3.63) is 18.0 Å². The Kier molecular flexibility index (Phi) is 4.18. The Labute approximate surface area is 116 Å². The maximum absolute atomic E-state index is 4.39. The average Bonchev–Trinajstić information content (AvgIpc) is 3.20. The van der Waals surface area contributed by atoms with E-state index in [1.807, 2.05) is 10.9 Å². The Balaban J connectivity index is 1.57. The van der Waals surface area contributed by atoms with E-state index in [-0.39, 0.29) is 0 Å². The molecule has 1 saturated carbocycles. The first kappa shape index (κ1) is 13.1. The second-order valence-electron chi connectivity index (χ2n) is 6.01. The van der Waals surface area contributed by atoms with E-state index < -0.39 is 0 Å². The quantitative estimate of drug-likeness (QED) is 0.851. The summed E-state index contributed by atoms with van der Waals surface area (Å²) in [4.78, 5) is 2.67. The van der Waals surface area contributed by atoms with Crippen molar-refractivity contribution in [3.8, 4) is 0 Å². The monoisotopic (exact) mass is 262 g/mol. The van der Waals surface area contributed by atoms with Gasteiger partial charge in [-0.15, -0.1) is 0 Å². The van der Waals surface area contributed by atoms with Crippen LogP contribution in [-0.2, 0) is 13.1 Å². The van der Waals surface area contributed by atoms with Crippen molar-refractivity contribution < 1.29 is 0 Å². The zero-order chi connectivity index (χ0) is 13.1. The minimum absolute atomic E-state index is 0.704. The molecule has 1 aliphatic heterocycles. The summed E-state index contributed by atoms with van der Waals surface area (Å²) in [6, 6.07) is 1.53. The van der Waals surface area contributed by atoms with Crippen molar-refractivity contribution >= 4 is 0 Å². The van der Waals surface area contributed by atoms with Crippen LogP contribution in [0.25, 0.3) is 0 Å². The Hall–Kier alpha value is -0.870. The lowest BCUT2D eigenvalue weighted by atomic mass is 10.0. The van der Waals surface area contributed by atoms with Gasteiger partial charge in [-0.2, -0.15) is 5.10 Å². The number of nitrogens with zero attached hydrogens (tertiary/aromatic N) is 3. The van der Waals surface area contributed by atoms with Crippen LogP contribution in [0.2, 0.25) is 0 Å². The highest BCUT2D eigenvalue weighted by Gasteiger charge is 2.31. The zero-order valence-corrected chi connectivity index (χ0v) is 12.0. The second kappa shape index (κ2) is 6.06. The molecule has 0 aromatic carbocycles. The molecule has 4 heteroatoms. The van der Waals surface area contributed by atoms with E-state index in [1.54, 1.807) is 0 Å². The van der Waals surface area contributed by atoms with Gasteiger partial charge in [0.2, 0.25) is 0 Å². The number of hydrogen-bond donors (Lipinski definition) is 1. The van der Waals surface area contributed by atoms with Crippen LogP contribution < -0.4 is 5.32 Å². The summed E-state index contributed by atoms with van der Waals surface area (Å²) in [6.07, 6.45) is 11.1. The third-order valence-electron chi connectivity index (χ3n) is 4.33. The molecular formula is C15H26N4. The molecule has 1 aliphatic carbocycles. The number of aryl methyl sites for hydroxylation is 1. The fraction of sp³-hybridized carbons (Fsp3) is 0.800. The van der Waals surface area contributed by atoms with Crippen LogP contribution in [0, 0.1) is 0 Å². The zero-order valence-electron chi connectivity index (χ0n) is 12.0. The van der Waals surface area contributed by atoms with Gasteiger partial charge in [-0.05, 0) is 39.2 Å². The SMILES string of the molecule is CCn1cc(CN(CC2CCCCN2)C2CC2)cn1. The molecule has 0 radical (unpaired) electrons. The first-order chi connectivity index (χ1) is 9.35. The number of piperidine rings is 1. The highest BCUT2D eigenvalue weighted by Crippen LogP contribution is 2.29. The van der Waals surface area contributed by atoms with Crippen molar-refractivity contribution in [2.24, 2.45) is 0 Å². The van der Waals surface area contributed by atoms with Gasteiger partial charge in [0.25, 0.3) is 0 Å². The summed E-state index contributed by atoms with van der Waals surface area (Å²) in [5.41, 5.74) is 1.37. The molecule has 3 rings (SSSR count). The molecule has 2 heterocycles.